The maximum Gasteiger partial charge on any atom is 0.242 e. The molecule has 7 heteroatoms. The molecule has 1 N–H and O–H groups in total. The zero-order chi connectivity index (χ0) is 14.6. The van der Waals surface area contributed by atoms with Crippen LogP contribution in [0, 0.1) is 17.7 Å². The van der Waals surface area contributed by atoms with Gasteiger partial charge in [0.2, 0.25) is 10.0 Å². The Labute approximate surface area is 123 Å². The minimum Gasteiger partial charge on any atom is -0.260 e. The van der Waals surface area contributed by atoms with Crippen molar-refractivity contribution in [3.63, 3.8) is 0 Å². The van der Waals surface area contributed by atoms with Gasteiger partial charge in [0.1, 0.15) is 10.7 Å². The van der Waals surface area contributed by atoms with Crippen LogP contribution in [-0.4, -0.2) is 25.8 Å². The molecule has 1 heterocycles. The summed E-state index contributed by atoms with van der Waals surface area (Å²) in [6.45, 7) is 0.343. The Bertz CT molecular complexity index is 553. The highest BCUT2D eigenvalue weighted by Crippen LogP contribution is 2.30. The van der Waals surface area contributed by atoms with E-state index in [0.717, 1.165) is 44.1 Å². The zero-order valence-corrected chi connectivity index (χ0v) is 12.6. The van der Waals surface area contributed by atoms with Gasteiger partial charge in [0.15, 0.2) is 0 Å². The van der Waals surface area contributed by atoms with Crippen LogP contribution < -0.4 is 4.72 Å². The Kier molecular flexibility index (Phi) is 5.35. The number of hydrogen-bond acceptors (Lipinski definition) is 3. The van der Waals surface area contributed by atoms with Crippen LogP contribution in [0.5, 0.6) is 0 Å². The number of rotatable bonds is 5. The highest BCUT2D eigenvalue weighted by Gasteiger charge is 2.26. The van der Waals surface area contributed by atoms with Crippen LogP contribution in [0.15, 0.2) is 23.4 Å². The maximum atomic E-state index is 13.0. The van der Waals surface area contributed by atoms with Crippen molar-refractivity contribution < 1.29 is 12.8 Å². The Morgan fingerprint density at radius 2 is 2.00 bits per heavy atom. The van der Waals surface area contributed by atoms with Gasteiger partial charge in [-0.05, 0) is 30.7 Å². The summed E-state index contributed by atoms with van der Waals surface area (Å²) in [6.07, 6.45) is 6.38. The molecule has 1 aliphatic rings. The first-order valence-corrected chi connectivity index (χ1v) is 8.71. The highest BCUT2D eigenvalue weighted by molar-refractivity contribution is 7.89. The van der Waals surface area contributed by atoms with E-state index in [-0.39, 0.29) is 10.8 Å². The van der Waals surface area contributed by atoms with E-state index in [1.165, 1.54) is 0 Å². The molecule has 2 rings (SSSR count). The topological polar surface area (TPSA) is 59.1 Å². The van der Waals surface area contributed by atoms with Crippen molar-refractivity contribution in [2.45, 2.75) is 30.6 Å². The van der Waals surface area contributed by atoms with Crippen LogP contribution in [0.25, 0.3) is 0 Å². The van der Waals surface area contributed by atoms with E-state index in [1.807, 2.05) is 0 Å². The standard InChI is InChI=1S/C13H18ClFN2O2S/c14-6-10-3-1-2-4-11(10)7-17-20(18,19)13-5-12(15)8-16-9-13/h5,8-11,17H,1-4,6-7H2. The normalized spacial score (nSPS) is 23.7. The fourth-order valence-electron chi connectivity index (χ4n) is 2.60. The molecule has 1 aromatic rings. The first-order valence-electron chi connectivity index (χ1n) is 6.69. The molecular formula is C13H18ClFN2O2S. The third-order valence-electron chi connectivity index (χ3n) is 3.79. The van der Waals surface area contributed by atoms with Gasteiger partial charge in [0, 0.05) is 18.6 Å². The SMILES string of the molecule is O=S(=O)(NCC1CCCCC1CCl)c1cncc(F)c1. The zero-order valence-electron chi connectivity index (χ0n) is 11.1. The summed E-state index contributed by atoms with van der Waals surface area (Å²) in [6, 6.07) is 0.967. The van der Waals surface area contributed by atoms with Gasteiger partial charge in [-0.1, -0.05) is 12.8 Å². The second-order valence-electron chi connectivity index (χ2n) is 5.15. The third kappa shape index (κ3) is 3.90. The fraction of sp³-hybridized carbons (Fsp3) is 0.615. The lowest BCUT2D eigenvalue weighted by atomic mass is 9.80. The van der Waals surface area contributed by atoms with Crippen LogP contribution in [0.3, 0.4) is 0 Å². The summed E-state index contributed by atoms with van der Waals surface area (Å²) in [7, 11) is -3.71. The minimum atomic E-state index is -3.71. The number of aromatic nitrogens is 1. The Morgan fingerprint density at radius 3 is 2.65 bits per heavy atom. The Morgan fingerprint density at radius 1 is 1.30 bits per heavy atom. The van der Waals surface area contributed by atoms with Gasteiger partial charge in [0.25, 0.3) is 0 Å². The van der Waals surface area contributed by atoms with Crippen LogP contribution in [0.2, 0.25) is 0 Å². The number of halogens is 2. The van der Waals surface area contributed by atoms with Crippen LogP contribution >= 0.6 is 11.6 Å². The lowest BCUT2D eigenvalue weighted by molar-refractivity contribution is 0.260. The second-order valence-corrected chi connectivity index (χ2v) is 7.23. The molecule has 1 saturated carbocycles. The van der Waals surface area contributed by atoms with Gasteiger partial charge in [-0.2, -0.15) is 0 Å². The average molecular weight is 321 g/mol. The van der Waals surface area contributed by atoms with Gasteiger partial charge in [-0.25, -0.2) is 17.5 Å². The lowest BCUT2D eigenvalue weighted by Crippen LogP contribution is -2.35. The van der Waals surface area contributed by atoms with Crippen molar-refractivity contribution in [3.8, 4) is 0 Å². The number of nitrogens with one attached hydrogen (secondary N) is 1. The van der Waals surface area contributed by atoms with E-state index in [9.17, 15) is 12.8 Å². The lowest BCUT2D eigenvalue weighted by Gasteiger charge is -2.30. The van der Waals surface area contributed by atoms with E-state index < -0.39 is 15.8 Å². The molecule has 4 nitrogen and oxygen atoms in total. The smallest absolute Gasteiger partial charge is 0.242 e. The molecule has 0 radical (unpaired) electrons. The summed E-state index contributed by atoms with van der Waals surface area (Å²) in [4.78, 5) is 3.42. The number of alkyl halides is 1. The largest absolute Gasteiger partial charge is 0.260 e. The molecule has 1 aromatic heterocycles. The number of hydrogen-bond donors (Lipinski definition) is 1. The van der Waals surface area contributed by atoms with Crippen LogP contribution in [0.4, 0.5) is 4.39 Å². The van der Waals surface area contributed by atoms with Gasteiger partial charge in [-0.3, -0.25) is 4.98 Å². The van der Waals surface area contributed by atoms with Crippen molar-refractivity contribution in [3.05, 3.63) is 24.3 Å². The van der Waals surface area contributed by atoms with Gasteiger partial charge in [-0.15, -0.1) is 11.6 Å². The summed E-state index contributed by atoms with van der Waals surface area (Å²) in [5.41, 5.74) is 0. The molecule has 2 atom stereocenters. The van der Waals surface area contributed by atoms with Gasteiger partial charge < -0.3 is 0 Å². The highest BCUT2D eigenvalue weighted by atomic mass is 35.5. The van der Waals surface area contributed by atoms with Crippen LogP contribution in [0.1, 0.15) is 25.7 Å². The first-order chi connectivity index (χ1) is 9.53. The second kappa shape index (κ2) is 6.83. The van der Waals surface area contributed by atoms with E-state index in [1.54, 1.807) is 0 Å². The Hall–Kier alpha value is -0.720. The molecule has 0 amide bonds. The number of pyridine rings is 1. The molecule has 1 fully saturated rings. The quantitative estimate of drug-likeness (QED) is 0.848. The van der Waals surface area contributed by atoms with Gasteiger partial charge >= 0.3 is 0 Å². The molecular weight excluding hydrogens is 303 g/mol. The first kappa shape index (κ1) is 15.7. The molecule has 0 aromatic carbocycles. The van der Waals surface area contributed by atoms with E-state index in [2.05, 4.69) is 9.71 Å². The molecule has 1 aliphatic carbocycles. The van der Waals surface area contributed by atoms with Crippen molar-refractivity contribution in [2.75, 3.05) is 12.4 Å². The van der Waals surface area contributed by atoms with E-state index >= 15 is 0 Å². The molecule has 0 saturated heterocycles. The summed E-state index contributed by atoms with van der Waals surface area (Å²) in [5, 5.41) is 0. The van der Waals surface area contributed by atoms with E-state index in [4.69, 9.17) is 11.6 Å². The van der Waals surface area contributed by atoms with Crippen molar-refractivity contribution in [2.24, 2.45) is 11.8 Å². The Balaban J connectivity index is 2.02. The van der Waals surface area contributed by atoms with Crippen molar-refractivity contribution in [1.82, 2.24) is 9.71 Å². The molecule has 0 bridgehead atoms. The van der Waals surface area contributed by atoms with Gasteiger partial charge in [0.05, 0.1) is 6.20 Å². The average Bonchev–Trinajstić information content (AvgIpc) is 2.45. The number of nitrogens with zero attached hydrogens (tertiary/aromatic N) is 1. The third-order valence-corrected chi connectivity index (χ3v) is 5.58. The molecule has 112 valence electrons. The fourth-order valence-corrected chi connectivity index (χ4v) is 4.07. The predicted octanol–water partition coefficient (Wildman–Crippen LogP) is 2.54. The number of sulfonamides is 1. The summed E-state index contributed by atoms with van der Waals surface area (Å²) in [5.74, 6) is 0.481. The minimum absolute atomic E-state index is 0.143. The molecule has 20 heavy (non-hydrogen) atoms. The monoisotopic (exact) mass is 320 g/mol. The summed E-state index contributed by atoms with van der Waals surface area (Å²) < 4.78 is 39.7. The maximum absolute atomic E-state index is 13.0. The van der Waals surface area contributed by atoms with Crippen molar-refractivity contribution >= 4 is 21.6 Å². The molecule has 2 unspecified atom stereocenters. The van der Waals surface area contributed by atoms with Crippen molar-refractivity contribution in [1.29, 1.82) is 0 Å². The summed E-state index contributed by atoms with van der Waals surface area (Å²) >= 11 is 5.93. The predicted molar refractivity (Wildman–Crippen MR) is 75.6 cm³/mol. The van der Waals surface area contributed by atoms with Crippen LogP contribution in [-0.2, 0) is 10.0 Å². The van der Waals surface area contributed by atoms with E-state index in [0.29, 0.717) is 18.3 Å². The molecule has 0 spiro atoms. The molecule has 0 aliphatic heterocycles.